The number of fused-ring (bicyclic) bond motifs is 5. The smallest absolute Gasteiger partial charge is 0.265 e. The molecule has 0 radical (unpaired) electrons. The van der Waals surface area contributed by atoms with Crippen LogP contribution in [0.5, 0.6) is 0 Å². The maximum Gasteiger partial charge on any atom is 0.265 e. The van der Waals surface area contributed by atoms with E-state index in [0.717, 1.165) is 12.8 Å². The number of amides is 2. The number of carbonyl (C=O) groups excluding carboxylic acids is 2. The van der Waals surface area contributed by atoms with Crippen molar-refractivity contribution in [1.29, 1.82) is 0 Å². The van der Waals surface area contributed by atoms with Crippen molar-refractivity contribution in [3.05, 3.63) is 47.4 Å². The van der Waals surface area contributed by atoms with Crippen molar-refractivity contribution in [2.75, 3.05) is 0 Å². The maximum atomic E-state index is 15.7. The van der Waals surface area contributed by atoms with Gasteiger partial charge in [0, 0.05) is 48.5 Å². The first-order valence-corrected chi connectivity index (χ1v) is 16.3. The minimum atomic E-state index is -3.05. The predicted molar refractivity (Wildman–Crippen MR) is 167 cm³/mol. The minimum absolute atomic E-state index is 0.00972. The summed E-state index contributed by atoms with van der Waals surface area (Å²) in [6.07, 6.45) is 3.62. The summed E-state index contributed by atoms with van der Waals surface area (Å²) in [5, 5.41) is 3.73. The third kappa shape index (κ3) is 4.46. The summed E-state index contributed by atoms with van der Waals surface area (Å²) in [7, 11) is 1.71. The Hall–Kier alpha value is -3.93. The van der Waals surface area contributed by atoms with Gasteiger partial charge in [-0.15, -0.1) is 0 Å². The van der Waals surface area contributed by atoms with E-state index in [4.69, 9.17) is 15.7 Å². The highest BCUT2D eigenvalue weighted by Gasteiger charge is 2.55. The van der Waals surface area contributed by atoms with Crippen LogP contribution in [-0.2, 0) is 18.4 Å². The van der Waals surface area contributed by atoms with E-state index in [9.17, 15) is 9.59 Å². The van der Waals surface area contributed by atoms with Crippen LogP contribution >= 0.6 is 0 Å². The molecule has 1 aliphatic carbocycles. The van der Waals surface area contributed by atoms with Crippen LogP contribution in [0.2, 0.25) is 0 Å². The molecule has 3 N–H and O–H groups in total. The lowest BCUT2D eigenvalue weighted by molar-refractivity contribution is -0.127. The second-order valence-corrected chi connectivity index (χ2v) is 14.3. The first-order valence-electron chi connectivity index (χ1n) is 16.3. The molecule has 2 saturated heterocycles. The summed E-state index contributed by atoms with van der Waals surface area (Å²) in [4.78, 5) is 38.0. The molecule has 242 valence electrons. The van der Waals surface area contributed by atoms with Gasteiger partial charge in [-0.2, -0.15) is 0 Å². The van der Waals surface area contributed by atoms with Gasteiger partial charge in [0.15, 0.2) is 5.82 Å². The van der Waals surface area contributed by atoms with Crippen LogP contribution in [0.15, 0.2) is 30.3 Å². The van der Waals surface area contributed by atoms with E-state index in [1.54, 1.807) is 28.6 Å². The molecule has 12 heteroatoms. The van der Waals surface area contributed by atoms with Gasteiger partial charge in [-0.05, 0) is 75.6 Å². The Bertz CT molecular complexity index is 1930. The molecule has 3 fully saturated rings. The Morgan fingerprint density at radius 3 is 2.67 bits per heavy atom. The quantitative estimate of drug-likeness (QED) is 0.305. The van der Waals surface area contributed by atoms with Crippen molar-refractivity contribution in [3.8, 4) is 11.5 Å². The van der Waals surface area contributed by atoms with Gasteiger partial charge in [0.2, 0.25) is 5.91 Å². The monoisotopic (exact) mass is 633 g/mol. The van der Waals surface area contributed by atoms with Crippen molar-refractivity contribution >= 4 is 33.9 Å². The Balaban J connectivity index is 1.22. The molecule has 1 aromatic carbocycles. The lowest BCUT2D eigenvalue weighted by atomic mass is 9.97. The number of imidazole rings is 1. The number of hydrogen-bond acceptors (Lipinski definition) is 5. The molecular weight excluding hydrogens is 595 g/mol. The SMILES string of the molecule is C[C@H]1NC(=O)[C@]2(C)C[C@H]2CCCC(F)(F)Cn2c(-c3nc4cc(C(=O)N5[C@H]6CC[C@@H]5[C@H](N)C6)c(F)cc4n3C)cc3ccc1nc32. The van der Waals surface area contributed by atoms with Gasteiger partial charge in [0.25, 0.3) is 11.8 Å². The van der Waals surface area contributed by atoms with Gasteiger partial charge in [0.05, 0.1) is 40.6 Å². The lowest BCUT2D eigenvalue weighted by Crippen LogP contribution is -2.40. The Morgan fingerprint density at radius 2 is 1.93 bits per heavy atom. The molecule has 4 aromatic rings. The number of carbonyl (C=O) groups is 2. The molecule has 9 nitrogen and oxygen atoms in total. The third-order valence-electron chi connectivity index (χ3n) is 11.2. The van der Waals surface area contributed by atoms with E-state index in [1.165, 1.54) is 16.7 Å². The van der Waals surface area contributed by atoms with E-state index in [0.29, 0.717) is 65.0 Å². The average molecular weight is 634 g/mol. The molecule has 2 amide bonds. The summed E-state index contributed by atoms with van der Waals surface area (Å²) in [6, 6.07) is 7.54. The molecule has 6 atom stereocenters. The molecule has 4 aliphatic rings. The van der Waals surface area contributed by atoms with Gasteiger partial charge in [0.1, 0.15) is 11.5 Å². The molecule has 3 aromatic heterocycles. The van der Waals surface area contributed by atoms with Crippen LogP contribution < -0.4 is 11.1 Å². The molecule has 6 heterocycles. The van der Waals surface area contributed by atoms with E-state index in [1.807, 2.05) is 19.9 Å². The first-order chi connectivity index (χ1) is 21.8. The van der Waals surface area contributed by atoms with E-state index >= 15 is 13.2 Å². The molecule has 0 unspecified atom stereocenters. The summed E-state index contributed by atoms with van der Waals surface area (Å²) < 4.78 is 50.2. The van der Waals surface area contributed by atoms with Crippen molar-refractivity contribution in [3.63, 3.8) is 0 Å². The number of alkyl halides is 2. The number of halogens is 3. The normalized spacial score (nSPS) is 30.5. The molecule has 1 saturated carbocycles. The fourth-order valence-corrected chi connectivity index (χ4v) is 8.33. The van der Waals surface area contributed by atoms with Gasteiger partial charge < -0.3 is 25.1 Å². The molecule has 8 rings (SSSR count). The summed E-state index contributed by atoms with van der Waals surface area (Å²) in [5.74, 6) is -3.73. The van der Waals surface area contributed by atoms with Gasteiger partial charge in [-0.1, -0.05) is 6.92 Å². The van der Waals surface area contributed by atoms with Crippen molar-refractivity contribution in [2.45, 2.75) is 95.4 Å². The summed E-state index contributed by atoms with van der Waals surface area (Å²) in [5.41, 5.74) is 7.81. The minimum Gasteiger partial charge on any atom is -0.348 e. The number of nitrogens with two attached hydrogens (primary N) is 1. The Kier molecular flexibility index (Phi) is 6.43. The Morgan fingerprint density at radius 1 is 1.13 bits per heavy atom. The maximum absolute atomic E-state index is 15.7. The molecule has 0 spiro atoms. The van der Waals surface area contributed by atoms with Gasteiger partial charge in [-0.3, -0.25) is 9.59 Å². The number of hydrogen-bond donors (Lipinski definition) is 2. The van der Waals surface area contributed by atoms with Gasteiger partial charge >= 0.3 is 0 Å². The topological polar surface area (TPSA) is 111 Å². The molecular formula is C34H38F3N7O2. The third-order valence-corrected chi connectivity index (χ3v) is 11.2. The summed E-state index contributed by atoms with van der Waals surface area (Å²) >= 11 is 0. The zero-order valence-electron chi connectivity index (χ0n) is 26.2. The fraction of sp³-hybridized carbons (Fsp3) is 0.529. The van der Waals surface area contributed by atoms with Crippen LogP contribution in [0.4, 0.5) is 13.2 Å². The highest BCUT2D eigenvalue weighted by molar-refractivity contribution is 5.99. The standard InChI is InChI=1S/C34H38F3N7O2/c1-17-24-8-6-18-11-28(43(29(18)40-24)16-34(36,37)10-4-5-19-15-33(19,2)32(46)39-17)30-41-25-13-21(22(35)14-27(25)42(30)3)31(45)44-20-7-9-26(44)23(38)12-20/h6,8,11,13-14,17,19-20,23,26H,4-5,7,9-10,12,15-16,38H2,1-3H3,(H,39,46)/t17-,19-,20+,23-,26-,33-/m1/s1. The predicted octanol–water partition coefficient (Wildman–Crippen LogP) is 5.46. The second-order valence-electron chi connectivity index (χ2n) is 14.3. The molecule has 4 bridgehead atoms. The van der Waals surface area contributed by atoms with E-state index in [2.05, 4.69) is 5.32 Å². The highest BCUT2D eigenvalue weighted by atomic mass is 19.3. The molecule has 3 aliphatic heterocycles. The number of nitrogens with zero attached hydrogens (tertiary/aromatic N) is 5. The number of aryl methyl sites for hydroxylation is 1. The number of aromatic nitrogens is 4. The van der Waals surface area contributed by atoms with E-state index < -0.39 is 35.6 Å². The van der Waals surface area contributed by atoms with Crippen molar-refractivity contribution in [2.24, 2.45) is 24.1 Å². The molecule has 46 heavy (non-hydrogen) atoms. The van der Waals surface area contributed by atoms with Crippen LogP contribution in [0, 0.1) is 17.2 Å². The van der Waals surface area contributed by atoms with Crippen molar-refractivity contribution in [1.82, 2.24) is 29.3 Å². The van der Waals surface area contributed by atoms with Crippen LogP contribution in [0.25, 0.3) is 33.6 Å². The van der Waals surface area contributed by atoms with Crippen LogP contribution in [0.1, 0.15) is 80.9 Å². The Labute approximate surface area is 264 Å². The number of nitrogens with one attached hydrogen (secondary N) is 1. The number of pyridine rings is 1. The lowest BCUT2D eigenvalue weighted by Gasteiger charge is -2.23. The average Bonchev–Trinajstić information content (AvgIpc) is 3.36. The largest absolute Gasteiger partial charge is 0.348 e. The first kappa shape index (κ1) is 29.5. The van der Waals surface area contributed by atoms with Gasteiger partial charge in [-0.25, -0.2) is 23.1 Å². The zero-order valence-corrected chi connectivity index (χ0v) is 26.2. The van der Waals surface area contributed by atoms with E-state index in [-0.39, 0.29) is 41.9 Å². The second kappa shape index (κ2) is 10.0. The summed E-state index contributed by atoms with van der Waals surface area (Å²) in [6.45, 7) is 3.15. The van der Waals surface area contributed by atoms with Crippen LogP contribution in [0.3, 0.4) is 0 Å². The van der Waals surface area contributed by atoms with Crippen molar-refractivity contribution < 1.29 is 22.8 Å². The van der Waals surface area contributed by atoms with Crippen LogP contribution in [-0.4, -0.2) is 59.9 Å². The highest BCUT2D eigenvalue weighted by Crippen LogP contribution is 2.55. The zero-order chi connectivity index (χ0) is 32.3. The number of benzene rings is 1. The fourth-order valence-electron chi connectivity index (χ4n) is 8.33. The number of rotatable bonds is 2.